The molecular formula is C46H61N3O11. The van der Waals surface area contributed by atoms with Gasteiger partial charge in [0, 0.05) is 92.9 Å². The smallest absolute Gasteiger partial charge is 0.312 e. The number of likely N-dealkylation sites (tertiary alicyclic amines) is 1. The molecule has 4 aliphatic rings. The minimum Gasteiger partial charge on any atom is -0.507 e. The lowest BCUT2D eigenvalue weighted by molar-refractivity contribution is -0.159. The van der Waals surface area contributed by atoms with Crippen LogP contribution in [-0.2, 0) is 25.5 Å². The minimum absolute atomic E-state index is 0.0293. The number of fused-ring (bicyclic) bond motifs is 1. The molecule has 2 aromatic rings. The van der Waals surface area contributed by atoms with E-state index in [1.165, 1.54) is 19.9 Å². The minimum atomic E-state index is -2.00. The highest BCUT2D eigenvalue weighted by atomic mass is 16.7. The number of nitrogens with zero attached hydrogens (tertiary/aromatic N) is 3. The second kappa shape index (κ2) is 17.0. The first kappa shape index (κ1) is 44.9. The topological polar surface area (TPSA) is 208 Å². The Hall–Kier alpha value is -4.63. The Labute approximate surface area is 351 Å². The fourth-order valence-electron chi connectivity index (χ4n) is 9.13. The van der Waals surface area contributed by atoms with E-state index in [1.807, 2.05) is 0 Å². The summed E-state index contributed by atoms with van der Waals surface area (Å²) in [5.74, 6) is -6.56. The Kier molecular flexibility index (Phi) is 12.7. The first-order chi connectivity index (χ1) is 28.1. The first-order valence-electron chi connectivity index (χ1n) is 21.0. The molecule has 2 aromatic carbocycles. The average Bonchev–Trinajstić information content (AvgIpc) is 3.69. The van der Waals surface area contributed by atoms with E-state index in [0.29, 0.717) is 37.4 Å². The summed E-state index contributed by atoms with van der Waals surface area (Å²) in [7, 11) is 0. The van der Waals surface area contributed by atoms with Gasteiger partial charge in [-0.25, -0.2) is 0 Å². The number of Topliss-reactive ketones (excluding diaryl/α,β-unsaturated/α-hetero) is 2. The quantitative estimate of drug-likeness (QED) is 0.275. The summed E-state index contributed by atoms with van der Waals surface area (Å²) in [6, 6.07) is 0. The Balaban J connectivity index is 1.53. The van der Waals surface area contributed by atoms with Crippen molar-refractivity contribution in [1.82, 2.24) is 4.90 Å². The lowest BCUT2D eigenvalue weighted by Gasteiger charge is -2.37. The number of phenols is 2. The number of aliphatic hydroxyl groups excluding tert-OH is 3. The van der Waals surface area contributed by atoms with E-state index in [1.54, 1.807) is 59.8 Å². The van der Waals surface area contributed by atoms with Crippen LogP contribution in [0.15, 0.2) is 46.1 Å². The van der Waals surface area contributed by atoms with Crippen molar-refractivity contribution in [3.63, 3.8) is 0 Å². The highest BCUT2D eigenvalue weighted by Gasteiger charge is 2.50. The van der Waals surface area contributed by atoms with Crippen molar-refractivity contribution in [1.29, 1.82) is 0 Å². The Bertz CT molecular complexity index is 2270. The molecule has 1 spiro atoms. The summed E-state index contributed by atoms with van der Waals surface area (Å²) in [6.45, 7) is 19.3. The van der Waals surface area contributed by atoms with Crippen LogP contribution in [0.4, 0.5) is 0 Å². The van der Waals surface area contributed by atoms with Crippen molar-refractivity contribution < 1.29 is 54.1 Å². The van der Waals surface area contributed by atoms with Gasteiger partial charge in [-0.2, -0.15) is 0 Å². The number of esters is 1. The van der Waals surface area contributed by atoms with Crippen LogP contribution < -0.4 is 15.5 Å². The number of aromatic hydroxyl groups is 2. The van der Waals surface area contributed by atoms with E-state index in [4.69, 9.17) is 24.2 Å². The predicted octanol–water partition coefficient (Wildman–Crippen LogP) is 4.27. The largest absolute Gasteiger partial charge is 0.507 e. The van der Waals surface area contributed by atoms with Gasteiger partial charge in [-0.05, 0) is 31.4 Å². The Morgan fingerprint density at radius 3 is 2.22 bits per heavy atom. The van der Waals surface area contributed by atoms with Crippen LogP contribution in [0.25, 0.3) is 10.8 Å². The summed E-state index contributed by atoms with van der Waals surface area (Å²) < 4.78 is 17.8. The van der Waals surface area contributed by atoms with Crippen molar-refractivity contribution in [3.05, 3.63) is 63.5 Å². The van der Waals surface area contributed by atoms with Gasteiger partial charge in [-0.15, -0.1) is 0 Å². The maximum atomic E-state index is 14.6. The molecule has 4 aliphatic heterocycles. The van der Waals surface area contributed by atoms with Gasteiger partial charge in [-0.1, -0.05) is 59.8 Å². The van der Waals surface area contributed by atoms with Crippen LogP contribution in [0.2, 0.25) is 0 Å². The fourth-order valence-corrected chi connectivity index (χ4v) is 9.13. The summed E-state index contributed by atoms with van der Waals surface area (Å²) in [6.07, 6.45) is 3.70. The first-order valence-corrected chi connectivity index (χ1v) is 21.0. The van der Waals surface area contributed by atoms with E-state index >= 15 is 0 Å². The number of piperidine rings is 1. The lowest BCUT2D eigenvalue weighted by Crippen LogP contribution is -2.46. The van der Waals surface area contributed by atoms with E-state index in [-0.39, 0.29) is 61.9 Å². The second-order valence-electron chi connectivity index (χ2n) is 18.0. The number of aliphatic hydroxyl groups is 3. The van der Waals surface area contributed by atoms with Crippen molar-refractivity contribution >= 4 is 28.3 Å². The summed E-state index contributed by atoms with van der Waals surface area (Å²) in [5.41, 5.74) is -0.219. The number of carbonyl (C=O) groups excluding carboxylic acids is 3. The highest BCUT2D eigenvalue weighted by molar-refractivity contribution is 6.18. The number of allylic oxidation sites excluding steroid dienone is 3. The monoisotopic (exact) mass is 831 g/mol. The third-order valence-electron chi connectivity index (χ3n) is 12.9. The molecule has 0 aromatic heterocycles. The summed E-state index contributed by atoms with van der Waals surface area (Å²) in [5, 5.41) is 58.7. The van der Waals surface area contributed by atoms with E-state index in [2.05, 4.69) is 18.7 Å². The molecule has 9 atom stereocenters. The van der Waals surface area contributed by atoms with Crippen molar-refractivity contribution in [3.8, 4) is 17.2 Å². The molecule has 0 saturated carbocycles. The zero-order valence-electron chi connectivity index (χ0n) is 36.4. The zero-order chi connectivity index (χ0) is 44.2. The van der Waals surface area contributed by atoms with Crippen LogP contribution in [0, 0.1) is 36.5 Å². The van der Waals surface area contributed by atoms with Crippen LogP contribution >= 0.6 is 0 Å². The van der Waals surface area contributed by atoms with Gasteiger partial charge in [0.15, 0.2) is 11.4 Å². The standard InChI is InChI=1S/C46H61N3O11/c1-22(2)21-49-17-15-46(16-18-49)47-36-30-20-32(52)23(3)12-11-13-24(4)38(53)26(6)39(54)27(7)42(59-29(9)50)25(5)31(51)14-19-58-45(10)44(57)35-33(37(36)48-46)34(41(30)56)40(55)28(8)43(35)60-45/h11-14,19,22,24-27,31,38-39,42,51,53-56H,15-18,20-21H2,1-10H3/b13-11-,19-14?,23-12-. The normalized spacial score (nSPS) is 32.6. The van der Waals surface area contributed by atoms with Gasteiger partial charge in [0.25, 0.3) is 5.78 Å². The molecule has 4 heterocycles. The van der Waals surface area contributed by atoms with Gasteiger partial charge < -0.3 is 44.6 Å². The molecule has 326 valence electrons. The van der Waals surface area contributed by atoms with Gasteiger partial charge in [0.2, 0.25) is 0 Å². The molecule has 9 unspecified atom stereocenters. The summed E-state index contributed by atoms with van der Waals surface area (Å²) >= 11 is 0. The number of ketones is 2. The van der Waals surface area contributed by atoms with E-state index in [0.717, 1.165) is 12.8 Å². The SMILES string of the molecule is CC(=O)OC1C(C)C(O)C=COC2(C)Oc3c(C)c(O)c4c(O)c(c5c(c4c3C2=O)=NC2(CCN(CC(C)C)CC2)N=5)CC(=O)/C(C)=C\C=C/C(C)C(O)C(C)C(O)C1C. The maximum Gasteiger partial charge on any atom is 0.312 e. The Morgan fingerprint density at radius 1 is 0.933 bits per heavy atom. The van der Waals surface area contributed by atoms with Gasteiger partial charge in [0.1, 0.15) is 23.4 Å². The third-order valence-corrected chi connectivity index (χ3v) is 12.9. The third kappa shape index (κ3) is 8.23. The number of carbonyl (C=O) groups is 3. The molecule has 0 amide bonds. The van der Waals surface area contributed by atoms with Gasteiger partial charge in [-0.3, -0.25) is 24.4 Å². The number of ether oxygens (including phenoxy) is 3. The van der Waals surface area contributed by atoms with E-state index < -0.39 is 77.0 Å². The lowest BCUT2D eigenvalue weighted by atomic mass is 9.78. The van der Waals surface area contributed by atoms with Crippen molar-refractivity contribution in [2.75, 3.05) is 19.6 Å². The maximum absolute atomic E-state index is 14.6. The van der Waals surface area contributed by atoms with Gasteiger partial charge >= 0.3 is 11.8 Å². The zero-order valence-corrected chi connectivity index (χ0v) is 36.4. The molecule has 4 bridgehead atoms. The molecule has 14 nitrogen and oxygen atoms in total. The van der Waals surface area contributed by atoms with Crippen molar-refractivity contribution in [2.24, 2.45) is 39.6 Å². The van der Waals surface area contributed by atoms with Crippen LogP contribution in [0.5, 0.6) is 17.2 Å². The number of rotatable bonds is 3. The van der Waals surface area contributed by atoms with E-state index in [9.17, 15) is 39.9 Å². The number of benzene rings is 2. The Morgan fingerprint density at radius 2 is 1.58 bits per heavy atom. The highest BCUT2D eigenvalue weighted by Crippen LogP contribution is 2.49. The number of phenolic OH excluding ortho intramolecular Hbond substituents is 2. The van der Waals surface area contributed by atoms with Crippen molar-refractivity contribution in [2.45, 2.75) is 124 Å². The predicted molar refractivity (Wildman–Crippen MR) is 223 cm³/mol. The molecule has 0 radical (unpaired) electrons. The molecule has 6 rings (SSSR count). The molecule has 0 aliphatic carbocycles. The van der Waals surface area contributed by atoms with Crippen LogP contribution in [0.1, 0.15) is 96.6 Å². The summed E-state index contributed by atoms with van der Waals surface area (Å²) in [4.78, 5) is 53.6. The number of hydrogen-bond donors (Lipinski definition) is 5. The average molecular weight is 832 g/mol. The molecule has 5 N–H and O–H groups in total. The molecule has 60 heavy (non-hydrogen) atoms. The van der Waals surface area contributed by atoms with Crippen LogP contribution in [-0.4, -0.2) is 103 Å². The fraction of sp³-hybridized carbons (Fsp3) is 0.587. The molecule has 14 heteroatoms. The van der Waals surface area contributed by atoms with Gasteiger partial charge in [0.05, 0.1) is 46.2 Å². The molecular weight excluding hydrogens is 771 g/mol. The second-order valence-corrected chi connectivity index (χ2v) is 18.0. The molecule has 1 fully saturated rings. The molecule has 1 saturated heterocycles. The van der Waals surface area contributed by atoms with Crippen LogP contribution in [0.3, 0.4) is 0 Å². The number of hydrogen-bond acceptors (Lipinski definition) is 14.